The van der Waals surface area contributed by atoms with E-state index in [1.54, 1.807) is 4.90 Å². The Labute approximate surface area is 143 Å². The summed E-state index contributed by atoms with van der Waals surface area (Å²) in [7, 11) is 0. The highest BCUT2D eigenvalue weighted by Crippen LogP contribution is 2.42. The van der Waals surface area contributed by atoms with Crippen LogP contribution in [0.4, 0.5) is 13.2 Å². The summed E-state index contributed by atoms with van der Waals surface area (Å²) in [6.45, 7) is 0.796. The molecule has 3 nitrogen and oxygen atoms in total. The van der Waals surface area contributed by atoms with Crippen molar-refractivity contribution in [3.63, 3.8) is 0 Å². The number of amides is 1. The van der Waals surface area contributed by atoms with Crippen LogP contribution in [0.5, 0.6) is 0 Å². The molecule has 1 aromatic rings. The van der Waals surface area contributed by atoms with Crippen LogP contribution < -0.4 is 5.73 Å². The van der Waals surface area contributed by atoms with Crippen LogP contribution in [0.2, 0.25) is 0 Å². The van der Waals surface area contributed by atoms with E-state index in [1.807, 2.05) is 6.26 Å². The molecule has 1 aliphatic heterocycles. The molecule has 24 heavy (non-hydrogen) atoms. The topological polar surface area (TPSA) is 46.3 Å². The molecule has 0 spiro atoms. The van der Waals surface area contributed by atoms with Gasteiger partial charge < -0.3 is 10.6 Å². The second-order valence-corrected chi connectivity index (χ2v) is 7.85. The lowest BCUT2D eigenvalue weighted by atomic mass is 9.95. The number of carbonyl (C=O) groups excluding carboxylic acids is 1. The smallest absolute Gasteiger partial charge is 0.337 e. The van der Waals surface area contributed by atoms with Crippen molar-refractivity contribution in [2.75, 3.05) is 12.8 Å². The van der Waals surface area contributed by atoms with Gasteiger partial charge >= 0.3 is 6.18 Å². The molecule has 2 N–H and O–H groups in total. The number of carbonyl (C=O) groups is 1. The average molecular weight is 358 g/mol. The summed E-state index contributed by atoms with van der Waals surface area (Å²) in [6.07, 6.45) is 0.333. The predicted molar refractivity (Wildman–Crippen MR) is 88.6 cm³/mol. The number of thioether (sulfide) groups is 1. The fraction of sp³-hybridized carbons (Fsp3) is 0.588. The van der Waals surface area contributed by atoms with E-state index in [1.165, 1.54) is 23.9 Å². The maximum absolute atomic E-state index is 13.0. The number of fused-ring (bicyclic) bond motifs is 1. The van der Waals surface area contributed by atoms with Gasteiger partial charge in [0.25, 0.3) is 0 Å². The van der Waals surface area contributed by atoms with Gasteiger partial charge in [-0.3, -0.25) is 4.79 Å². The maximum atomic E-state index is 13.0. The van der Waals surface area contributed by atoms with Crippen LogP contribution in [-0.2, 0) is 23.9 Å². The van der Waals surface area contributed by atoms with Gasteiger partial charge in [0.05, 0.1) is 10.3 Å². The third-order valence-corrected chi connectivity index (χ3v) is 6.45. The number of rotatable bonds is 2. The van der Waals surface area contributed by atoms with Crippen molar-refractivity contribution >= 4 is 17.7 Å². The molecular formula is C17H21F3N2OS. The minimum Gasteiger partial charge on any atom is -0.337 e. The summed E-state index contributed by atoms with van der Waals surface area (Å²) in [5.74, 6) is 0.0195. The zero-order valence-electron chi connectivity index (χ0n) is 13.5. The Balaban J connectivity index is 1.82. The molecule has 0 saturated heterocycles. The van der Waals surface area contributed by atoms with Gasteiger partial charge in [0.15, 0.2) is 0 Å². The van der Waals surface area contributed by atoms with E-state index in [4.69, 9.17) is 5.73 Å². The molecule has 1 fully saturated rings. The Kier molecular flexibility index (Phi) is 4.59. The Bertz CT molecular complexity index is 649. The van der Waals surface area contributed by atoms with E-state index < -0.39 is 16.5 Å². The molecule has 3 rings (SSSR count). The molecule has 1 saturated carbocycles. The number of nitrogens with two attached hydrogens (primary N) is 1. The first-order valence-electron chi connectivity index (χ1n) is 8.04. The van der Waals surface area contributed by atoms with Crippen molar-refractivity contribution in [3.05, 3.63) is 34.9 Å². The number of benzene rings is 1. The highest BCUT2D eigenvalue weighted by Gasteiger charge is 2.46. The van der Waals surface area contributed by atoms with Gasteiger partial charge in [-0.05, 0) is 55.2 Å². The van der Waals surface area contributed by atoms with Gasteiger partial charge in [0, 0.05) is 19.1 Å². The molecule has 1 amide bonds. The minimum atomic E-state index is -4.36. The first-order valence-corrected chi connectivity index (χ1v) is 9.27. The summed E-state index contributed by atoms with van der Waals surface area (Å²) >= 11 is 1.52. The van der Waals surface area contributed by atoms with Gasteiger partial charge in [-0.25, -0.2) is 0 Å². The van der Waals surface area contributed by atoms with Gasteiger partial charge in [-0.15, -0.1) is 11.8 Å². The Hall–Kier alpha value is -1.21. The average Bonchev–Trinajstić information content (AvgIpc) is 2.95. The number of hydrogen-bond donors (Lipinski definition) is 1. The SMILES string of the molecule is CSC1(C(=O)N2CCc3ccc(C(F)(F)F)cc3C2)CC[C@@H](N)C1. The van der Waals surface area contributed by atoms with Gasteiger partial charge in [0.1, 0.15) is 0 Å². The summed E-state index contributed by atoms with van der Waals surface area (Å²) in [5, 5.41) is 0. The molecular weight excluding hydrogens is 337 g/mol. The second-order valence-electron chi connectivity index (χ2n) is 6.66. The molecule has 2 aliphatic rings. The molecule has 7 heteroatoms. The van der Waals surface area contributed by atoms with Crippen molar-refractivity contribution in [2.24, 2.45) is 5.73 Å². The third kappa shape index (κ3) is 3.16. The molecule has 1 unspecified atom stereocenters. The fourth-order valence-electron chi connectivity index (χ4n) is 3.71. The summed E-state index contributed by atoms with van der Waals surface area (Å²) < 4.78 is 38.2. The minimum absolute atomic E-state index is 0.0195. The zero-order valence-corrected chi connectivity index (χ0v) is 14.3. The van der Waals surface area contributed by atoms with E-state index in [2.05, 4.69) is 0 Å². The number of hydrogen-bond acceptors (Lipinski definition) is 3. The number of halogens is 3. The molecule has 0 aromatic heterocycles. The van der Waals surface area contributed by atoms with E-state index in [-0.39, 0.29) is 18.5 Å². The quantitative estimate of drug-likeness (QED) is 0.883. The van der Waals surface area contributed by atoms with Crippen LogP contribution in [0.1, 0.15) is 36.0 Å². The number of alkyl halides is 3. The van der Waals surface area contributed by atoms with Crippen molar-refractivity contribution in [2.45, 2.75) is 49.2 Å². The molecule has 1 aromatic carbocycles. The second kappa shape index (κ2) is 6.26. The standard InChI is InChI=1S/C17H21F3N2OS/c1-24-16(6-4-14(21)9-16)15(23)22-7-5-11-2-3-13(17(18,19)20)8-12(11)10-22/h2-3,8,14H,4-7,9-10,21H2,1H3/t14-,16?/m1/s1. The Morgan fingerprint density at radius 2 is 2.12 bits per heavy atom. The predicted octanol–water partition coefficient (Wildman–Crippen LogP) is 3.20. The largest absolute Gasteiger partial charge is 0.416 e. The Morgan fingerprint density at radius 1 is 1.38 bits per heavy atom. The molecule has 0 bridgehead atoms. The summed E-state index contributed by atoms with van der Waals surface area (Å²) in [4.78, 5) is 14.7. The lowest BCUT2D eigenvalue weighted by Crippen LogP contribution is -2.47. The first kappa shape index (κ1) is 17.6. The zero-order chi connectivity index (χ0) is 17.5. The molecule has 1 heterocycles. The van der Waals surface area contributed by atoms with Gasteiger partial charge in [-0.1, -0.05) is 6.07 Å². The van der Waals surface area contributed by atoms with E-state index in [0.29, 0.717) is 24.9 Å². The molecule has 2 atom stereocenters. The molecule has 1 aliphatic carbocycles. The lowest BCUT2D eigenvalue weighted by Gasteiger charge is -2.36. The summed E-state index contributed by atoms with van der Waals surface area (Å²) in [5.41, 5.74) is 6.83. The third-order valence-electron chi connectivity index (χ3n) is 5.12. The summed E-state index contributed by atoms with van der Waals surface area (Å²) in [6, 6.07) is 3.86. The molecule has 132 valence electrons. The van der Waals surface area contributed by atoms with Crippen molar-refractivity contribution in [3.8, 4) is 0 Å². The van der Waals surface area contributed by atoms with Crippen LogP contribution in [-0.4, -0.2) is 34.4 Å². The van der Waals surface area contributed by atoms with Crippen LogP contribution in [0.3, 0.4) is 0 Å². The Morgan fingerprint density at radius 3 is 2.71 bits per heavy atom. The van der Waals surface area contributed by atoms with Crippen LogP contribution in [0.15, 0.2) is 18.2 Å². The first-order chi connectivity index (χ1) is 11.2. The molecule has 0 radical (unpaired) electrons. The normalized spacial score (nSPS) is 27.2. The van der Waals surface area contributed by atoms with E-state index in [0.717, 1.165) is 24.5 Å². The number of nitrogens with zero attached hydrogens (tertiary/aromatic N) is 1. The van der Waals surface area contributed by atoms with Crippen molar-refractivity contribution < 1.29 is 18.0 Å². The fourth-order valence-corrected chi connectivity index (χ4v) is 4.71. The maximum Gasteiger partial charge on any atom is 0.416 e. The van der Waals surface area contributed by atoms with Crippen LogP contribution in [0.25, 0.3) is 0 Å². The van der Waals surface area contributed by atoms with Crippen molar-refractivity contribution in [1.29, 1.82) is 0 Å². The van der Waals surface area contributed by atoms with E-state index in [9.17, 15) is 18.0 Å². The van der Waals surface area contributed by atoms with Crippen LogP contribution >= 0.6 is 11.8 Å². The monoisotopic (exact) mass is 358 g/mol. The highest BCUT2D eigenvalue weighted by atomic mass is 32.2. The van der Waals surface area contributed by atoms with Crippen LogP contribution in [0, 0.1) is 0 Å². The van der Waals surface area contributed by atoms with E-state index >= 15 is 0 Å². The van der Waals surface area contributed by atoms with Gasteiger partial charge in [-0.2, -0.15) is 13.2 Å². The van der Waals surface area contributed by atoms with Crippen molar-refractivity contribution in [1.82, 2.24) is 4.90 Å². The lowest BCUT2D eigenvalue weighted by molar-refractivity contribution is -0.137. The van der Waals surface area contributed by atoms with Gasteiger partial charge in [0.2, 0.25) is 5.91 Å². The highest BCUT2D eigenvalue weighted by molar-refractivity contribution is 8.00.